The number of piperazine rings is 1. The number of nitrogens with zero attached hydrogens (tertiary/aromatic N) is 4. The molecule has 1 aliphatic heterocycles. The second kappa shape index (κ2) is 7.14. The fourth-order valence-electron chi connectivity index (χ4n) is 2.94. The summed E-state index contributed by atoms with van der Waals surface area (Å²) in [5.41, 5.74) is 3.95. The molecule has 1 aliphatic rings. The van der Waals surface area contributed by atoms with Crippen LogP contribution in [0.3, 0.4) is 0 Å². The summed E-state index contributed by atoms with van der Waals surface area (Å²) < 4.78 is 0. The molecule has 7 nitrogen and oxygen atoms in total. The Hall–Kier alpha value is -2.54. The third kappa shape index (κ3) is 3.76. The van der Waals surface area contributed by atoms with E-state index in [1.807, 2.05) is 36.9 Å². The minimum absolute atomic E-state index is 0.00135. The van der Waals surface area contributed by atoms with Gasteiger partial charge in [-0.3, -0.25) is 14.5 Å². The van der Waals surface area contributed by atoms with Crippen LogP contribution in [0.15, 0.2) is 18.2 Å². The quantitative estimate of drug-likeness (QED) is 0.891. The highest BCUT2D eigenvalue weighted by atomic mass is 16.2. The van der Waals surface area contributed by atoms with Crippen LogP contribution < -0.4 is 5.32 Å². The normalized spacial score (nSPS) is 15.4. The van der Waals surface area contributed by atoms with Gasteiger partial charge in [-0.15, -0.1) is 0 Å². The summed E-state index contributed by atoms with van der Waals surface area (Å²) in [6.45, 7) is 6.86. The molecule has 2 heterocycles. The molecule has 0 saturated carbocycles. The number of aromatic nitrogens is 2. The first-order valence-corrected chi connectivity index (χ1v) is 8.45. The number of fused-ring (bicyclic) bond motifs is 1. The molecule has 0 unspecified atom stereocenters. The van der Waals surface area contributed by atoms with E-state index in [1.54, 1.807) is 7.05 Å². The van der Waals surface area contributed by atoms with Gasteiger partial charge in [0.1, 0.15) is 0 Å². The summed E-state index contributed by atoms with van der Waals surface area (Å²) in [6.07, 6.45) is 0. The average Bonchev–Trinajstić information content (AvgIpc) is 2.62. The van der Waals surface area contributed by atoms with Crippen LogP contribution in [0.5, 0.6) is 0 Å². The first kappa shape index (κ1) is 17.3. The van der Waals surface area contributed by atoms with E-state index in [2.05, 4.69) is 20.2 Å². The van der Waals surface area contributed by atoms with Crippen molar-refractivity contribution in [1.29, 1.82) is 0 Å². The van der Waals surface area contributed by atoms with E-state index in [0.29, 0.717) is 38.3 Å². The van der Waals surface area contributed by atoms with Gasteiger partial charge < -0.3 is 10.2 Å². The molecule has 1 N–H and O–H groups in total. The minimum atomic E-state index is -0.00135. The molecule has 0 spiro atoms. The maximum absolute atomic E-state index is 12.8. The molecule has 2 amide bonds. The third-order valence-corrected chi connectivity index (χ3v) is 4.63. The Morgan fingerprint density at radius 3 is 2.32 bits per heavy atom. The Labute approximate surface area is 147 Å². The number of carbonyl (C=O) groups is 2. The Kier molecular flexibility index (Phi) is 4.94. The van der Waals surface area contributed by atoms with Gasteiger partial charge in [0.25, 0.3) is 5.91 Å². The monoisotopic (exact) mass is 341 g/mol. The van der Waals surface area contributed by atoms with Gasteiger partial charge in [0.05, 0.1) is 29.0 Å². The van der Waals surface area contributed by atoms with E-state index in [1.165, 1.54) is 0 Å². The van der Waals surface area contributed by atoms with Crippen LogP contribution >= 0.6 is 0 Å². The predicted molar refractivity (Wildman–Crippen MR) is 95.4 cm³/mol. The van der Waals surface area contributed by atoms with Gasteiger partial charge in [0.15, 0.2) is 0 Å². The van der Waals surface area contributed by atoms with Gasteiger partial charge in [0, 0.05) is 38.8 Å². The third-order valence-electron chi connectivity index (χ3n) is 4.63. The zero-order chi connectivity index (χ0) is 18.0. The number of hydrogen-bond acceptors (Lipinski definition) is 5. The topological polar surface area (TPSA) is 78.4 Å². The Morgan fingerprint density at radius 1 is 1.04 bits per heavy atom. The smallest absolute Gasteiger partial charge is 0.254 e. The molecule has 3 rings (SSSR count). The highest BCUT2D eigenvalue weighted by Crippen LogP contribution is 2.16. The minimum Gasteiger partial charge on any atom is -0.358 e. The lowest BCUT2D eigenvalue weighted by atomic mass is 10.1. The summed E-state index contributed by atoms with van der Waals surface area (Å²) in [7, 11) is 1.63. The lowest BCUT2D eigenvalue weighted by Gasteiger charge is -2.34. The van der Waals surface area contributed by atoms with Crippen LogP contribution in [-0.2, 0) is 4.79 Å². The maximum atomic E-state index is 12.8. The van der Waals surface area contributed by atoms with Gasteiger partial charge in [-0.05, 0) is 32.0 Å². The van der Waals surface area contributed by atoms with Crippen LogP contribution in [0, 0.1) is 13.8 Å². The molecule has 0 radical (unpaired) electrons. The van der Waals surface area contributed by atoms with E-state index < -0.39 is 0 Å². The maximum Gasteiger partial charge on any atom is 0.254 e. The van der Waals surface area contributed by atoms with Crippen molar-refractivity contribution in [2.45, 2.75) is 13.8 Å². The van der Waals surface area contributed by atoms with Crippen LogP contribution in [0.1, 0.15) is 21.7 Å². The molecular weight excluding hydrogens is 318 g/mol. The second-order valence-corrected chi connectivity index (χ2v) is 6.34. The van der Waals surface area contributed by atoms with E-state index in [9.17, 15) is 9.59 Å². The second-order valence-electron chi connectivity index (χ2n) is 6.34. The molecule has 132 valence electrons. The van der Waals surface area contributed by atoms with Gasteiger partial charge >= 0.3 is 0 Å². The fourth-order valence-corrected chi connectivity index (χ4v) is 2.94. The highest BCUT2D eigenvalue weighted by molar-refractivity contribution is 5.97. The van der Waals surface area contributed by atoms with Crippen molar-refractivity contribution in [3.05, 3.63) is 35.2 Å². The van der Waals surface area contributed by atoms with E-state index >= 15 is 0 Å². The first-order valence-electron chi connectivity index (χ1n) is 8.45. The van der Waals surface area contributed by atoms with Crippen LogP contribution in [0.2, 0.25) is 0 Å². The van der Waals surface area contributed by atoms with Crippen molar-refractivity contribution in [1.82, 2.24) is 25.1 Å². The number of rotatable bonds is 3. The van der Waals surface area contributed by atoms with Crippen LogP contribution in [0.4, 0.5) is 0 Å². The van der Waals surface area contributed by atoms with E-state index in [4.69, 9.17) is 0 Å². The molecule has 7 heteroatoms. The molecule has 2 aromatic rings. The summed E-state index contributed by atoms with van der Waals surface area (Å²) in [5.74, 6) is 0.0000597. The molecule has 0 aliphatic carbocycles. The summed E-state index contributed by atoms with van der Waals surface area (Å²) in [4.78, 5) is 37.1. The van der Waals surface area contributed by atoms with Crippen LogP contribution in [-0.4, -0.2) is 71.4 Å². The first-order chi connectivity index (χ1) is 12.0. The number of hydrogen-bond donors (Lipinski definition) is 1. The lowest BCUT2D eigenvalue weighted by Crippen LogP contribution is -2.50. The number of aryl methyl sites for hydroxylation is 2. The molecular formula is C18H23N5O2. The van der Waals surface area contributed by atoms with Crippen molar-refractivity contribution < 1.29 is 9.59 Å². The number of nitrogens with one attached hydrogen (secondary N) is 1. The van der Waals surface area contributed by atoms with Crippen molar-refractivity contribution >= 4 is 22.8 Å². The highest BCUT2D eigenvalue weighted by Gasteiger charge is 2.23. The van der Waals surface area contributed by atoms with E-state index in [0.717, 1.165) is 22.4 Å². The summed E-state index contributed by atoms with van der Waals surface area (Å²) in [6, 6.07) is 5.48. The standard InChI is InChI=1S/C18H23N5O2/c1-12-13(2)21-16-10-14(4-5-15(16)20-12)18(25)23-8-6-22(7-9-23)11-17(24)19-3/h4-5,10H,6-9,11H2,1-3H3,(H,19,24). The molecule has 25 heavy (non-hydrogen) atoms. The number of carbonyl (C=O) groups excluding carboxylic acids is 2. The average molecular weight is 341 g/mol. The summed E-state index contributed by atoms with van der Waals surface area (Å²) in [5, 5.41) is 2.62. The zero-order valence-electron chi connectivity index (χ0n) is 14.9. The largest absolute Gasteiger partial charge is 0.358 e. The molecule has 1 aromatic heterocycles. The molecule has 1 aromatic carbocycles. The Bertz CT molecular complexity index is 812. The fraction of sp³-hybridized carbons (Fsp3) is 0.444. The zero-order valence-corrected chi connectivity index (χ0v) is 14.9. The molecule has 1 fully saturated rings. The van der Waals surface area contributed by atoms with Gasteiger partial charge in [0.2, 0.25) is 5.91 Å². The van der Waals surface area contributed by atoms with Gasteiger partial charge in [-0.2, -0.15) is 0 Å². The SMILES string of the molecule is CNC(=O)CN1CCN(C(=O)c2ccc3nc(C)c(C)nc3c2)CC1. The van der Waals surface area contributed by atoms with Crippen molar-refractivity contribution in [2.24, 2.45) is 0 Å². The summed E-state index contributed by atoms with van der Waals surface area (Å²) >= 11 is 0. The van der Waals surface area contributed by atoms with Crippen LogP contribution in [0.25, 0.3) is 11.0 Å². The molecule has 0 atom stereocenters. The lowest BCUT2D eigenvalue weighted by molar-refractivity contribution is -0.122. The van der Waals surface area contributed by atoms with Crippen molar-refractivity contribution in [3.63, 3.8) is 0 Å². The van der Waals surface area contributed by atoms with Crippen molar-refractivity contribution in [3.8, 4) is 0 Å². The Balaban J connectivity index is 1.70. The number of likely N-dealkylation sites (N-methyl/N-ethyl adjacent to an activating group) is 1. The molecule has 1 saturated heterocycles. The van der Waals surface area contributed by atoms with Gasteiger partial charge in [-0.1, -0.05) is 0 Å². The van der Waals surface area contributed by atoms with Gasteiger partial charge in [-0.25, -0.2) is 9.97 Å². The molecule has 0 bridgehead atoms. The predicted octanol–water partition coefficient (Wildman–Crippen LogP) is 0.750. The number of amides is 2. The van der Waals surface area contributed by atoms with E-state index in [-0.39, 0.29) is 11.8 Å². The number of benzene rings is 1. The van der Waals surface area contributed by atoms with Crippen molar-refractivity contribution in [2.75, 3.05) is 39.8 Å². The Morgan fingerprint density at radius 2 is 1.68 bits per heavy atom.